The number of hydrogen-bond donors (Lipinski definition) is 1. The number of anilines is 2. The molecule has 1 N–H and O–H groups in total. The van der Waals surface area contributed by atoms with E-state index >= 15 is 0 Å². The number of nitrogens with one attached hydrogen (secondary N) is 1. The Balaban J connectivity index is 1.85. The molecule has 5 nitrogen and oxygen atoms in total. The number of ether oxygens (including phenoxy) is 2. The second-order valence-corrected chi connectivity index (χ2v) is 6.39. The molecule has 0 aromatic heterocycles. The van der Waals surface area contributed by atoms with Gasteiger partial charge in [0, 0.05) is 24.7 Å². The lowest BCUT2D eigenvalue weighted by Crippen LogP contribution is -2.36. The third kappa shape index (κ3) is 5.29. The predicted octanol–water partition coefficient (Wildman–Crippen LogP) is 4.20. The topological polar surface area (TPSA) is 50.8 Å². The lowest BCUT2D eigenvalue weighted by molar-refractivity contribution is -0.137. The van der Waals surface area contributed by atoms with Crippen molar-refractivity contribution in [2.45, 2.75) is 6.18 Å². The first kappa shape index (κ1) is 20.7. The number of carbonyl (C=O) groups is 1. The average Bonchev–Trinajstić information content (AvgIpc) is 2.72. The maximum Gasteiger partial charge on any atom is 0.416 e. The second kappa shape index (κ2) is 9.00. The fraction of sp³-hybridized carbons (Fsp3) is 0.286. The predicted molar refractivity (Wildman–Crippen MR) is 105 cm³/mol. The van der Waals surface area contributed by atoms with Gasteiger partial charge in [-0.2, -0.15) is 13.2 Å². The SMILES string of the molecule is COc1ccccc1C=CC(=O)Nc1cc(C(F)(F)F)ccc1N1CCOCC1. The van der Waals surface area contributed by atoms with Crippen molar-refractivity contribution in [2.24, 2.45) is 0 Å². The molecule has 0 radical (unpaired) electrons. The van der Waals surface area contributed by atoms with Crippen molar-refractivity contribution in [1.29, 1.82) is 0 Å². The van der Waals surface area contributed by atoms with E-state index in [0.717, 1.165) is 12.1 Å². The van der Waals surface area contributed by atoms with Crippen LogP contribution in [0, 0.1) is 0 Å². The van der Waals surface area contributed by atoms with Crippen LogP contribution in [0.3, 0.4) is 0 Å². The number of hydrogen-bond acceptors (Lipinski definition) is 4. The van der Waals surface area contributed by atoms with Crippen LogP contribution in [0.4, 0.5) is 24.5 Å². The Kier molecular flexibility index (Phi) is 6.43. The van der Waals surface area contributed by atoms with Crippen LogP contribution in [0.25, 0.3) is 6.08 Å². The van der Waals surface area contributed by atoms with Gasteiger partial charge in [0.05, 0.1) is 37.3 Å². The summed E-state index contributed by atoms with van der Waals surface area (Å²) in [6.07, 6.45) is -1.69. The quantitative estimate of drug-likeness (QED) is 0.756. The Morgan fingerprint density at radius 2 is 1.90 bits per heavy atom. The van der Waals surface area contributed by atoms with Crippen molar-refractivity contribution in [1.82, 2.24) is 0 Å². The lowest BCUT2D eigenvalue weighted by atomic mass is 10.1. The number of rotatable bonds is 5. The first-order chi connectivity index (χ1) is 13.9. The molecule has 2 aromatic rings. The molecule has 2 aromatic carbocycles. The highest BCUT2D eigenvalue weighted by molar-refractivity contribution is 6.04. The van der Waals surface area contributed by atoms with E-state index in [1.165, 1.54) is 19.3 Å². The van der Waals surface area contributed by atoms with Crippen molar-refractivity contribution in [2.75, 3.05) is 43.6 Å². The minimum absolute atomic E-state index is 0.108. The van der Waals surface area contributed by atoms with Gasteiger partial charge in [-0.1, -0.05) is 18.2 Å². The van der Waals surface area contributed by atoms with Crippen molar-refractivity contribution >= 4 is 23.4 Å². The lowest BCUT2D eigenvalue weighted by Gasteiger charge is -2.30. The summed E-state index contributed by atoms with van der Waals surface area (Å²) in [4.78, 5) is 14.3. The van der Waals surface area contributed by atoms with Crippen LogP contribution in [0.2, 0.25) is 0 Å². The number of alkyl halides is 3. The molecule has 0 bridgehead atoms. The maximum absolute atomic E-state index is 13.2. The highest BCUT2D eigenvalue weighted by atomic mass is 19.4. The third-order valence-corrected chi connectivity index (χ3v) is 4.49. The van der Waals surface area contributed by atoms with Gasteiger partial charge in [0.2, 0.25) is 5.91 Å². The van der Waals surface area contributed by atoms with Crippen LogP contribution in [-0.4, -0.2) is 39.3 Å². The van der Waals surface area contributed by atoms with E-state index in [0.29, 0.717) is 43.3 Å². The van der Waals surface area contributed by atoms with Crippen LogP contribution in [0.5, 0.6) is 5.75 Å². The monoisotopic (exact) mass is 406 g/mol. The van der Waals surface area contributed by atoms with Crippen LogP contribution in [0.15, 0.2) is 48.5 Å². The number of morpholine rings is 1. The van der Waals surface area contributed by atoms with Crippen LogP contribution in [-0.2, 0) is 15.7 Å². The molecule has 1 saturated heterocycles. The minimum atomic E-state index is -4.50. The summed E-state index contributed by atoms with van der Waals surface area (Å²) in [5, 5.41) is 2.58. The summed E-state index contributed by atoms with van der Waals surface area (Å²) in [5.74, 6) is 0.0503. The van der Waals surface area contributed by atoms with Crippen LogP contribution < -0.4 is 15.0 Å². The van der Waals surface area contributed by atoms with E-state index in [2.05, 4.69) is 5.32 Å². The van der Waals surface area contributed by atoms with Crippen molar-refractivity contribution < 1.29 is 27.4 Å². The Morgan fingerprint density at radius 3 is 2.59 bits per heavy atom. The molecule has 1 amide bonds. The zero-order valence-corrected chi connectivity index (χ0v) is 15.8. The zero-order chi connectivity index (χ0) is 20.9. The second-order valence-electron chi connectivity index (χ2n) is 6.39. The molecule has 154 valence electrons. The summed E-state index contributed by atoms with van der Waals surface area (Å²) in [6, 6.07) is 10.5. The van der Waals surface area contributed by atoms with E-state index in [1.807, 2.05) is 4.90 Å². The normalized spacial score (nSPS) is 14.8. The molecule has 29 heavy (non-hydrogen) atoms. The summed E-state index contributed by atoms with van der Waals surface area (Å²) < 4.78 is 50.0. The van der Waals surface area contributed by atoms with Gasteiger partial charge in [0.25, 0.3) is 0 Å². The highest BCUT2D eigenvalue weighted by Crippen LogP contribution is 2.35. The maximum atomic E-state index is 13.2. The molecular weight excluding hydrogens is 385 g/mol. The van der Waals surface area contributed by atoms with Gasteiger partial charge in [-0.05, 0) is 30.3 Å². The number of amides is 1. The number of carbonyl (C=O) groups excluding carboxylic acids is 1. The van der Waals surface area contributed by atoms with E-state index in [9.17, 15) is 18.0 Å². The molecule has 3 rings (SSSR count). The minimum Gasteiger partial charge on any atom is -0.496 e. The zero-order valence-electron chi connectivity index (χ0n) is 15.8. The summed E-state index contributed by atoms with van der Waals surface area (Å²) >= 11 is 0. The smallest absolute Gasteiger partial charge is 0.416 e. The van der Waals surface area contributed by atoms with Crippen molar-refractivity contribution in [3.05, 3.63) is 59.7 Å². The Bertz CT molecular complexity index is 891. The van der Waals surface area contributed by atoms with E-state index in [1.54, 1.807) is 30.3 Å². The Hall–Kier alpha value is -3.00. The van der Waals surface area contributed by atoms with Gasteiger partial charge < -0.3 is 19.7 Å². The van der Waals surface area contributed by atoms with Gasteiger partial charge in [-0.3, -0.25) is 4.79 Å². The summed E-state index contributed by atoms with van der Waals surface area (Å²) in [7, 11) is 1.52. The first-order valence-electron chi connectivity index (χ1n) is 9.04. The standard InChI is InChI=1S/C21H21F3N2O3/c1-28-19-5-3-2-4-15(19)6-9-20(27)25-17-14-16(21(22,23)24)7-8-18(17)26-10-12-29-13-11-26/h2-9,14H,10-13H2,1H3,(H,25,27). The first-order valence-corrected chi connectivity index (χ1v) is 9.04. The van der Waals surface area contributed by atoms with Gasteiger partial charge in [0.15, 0.2) is 0 Å². The molecule has 0 atom stereocenters. The molecule has 0 saturated carbocycles. The number of halogens is 3. The number of nitrogens with zero attached hydrogens (tertiary/aromatic N) is 1. The van der Waals surface area contributed by atoms with Gasteiger partial charge in [0.1, 0.15) is 5.75 Å². The Labute approximate surface area is 166 Å². The molecule has 0 spiro atoms. The molecular formula is C21H21F3N2O3. The molecule has 1 fully saturated rings. The highest BCUT2D eigenvalue weighted by Gasteiger charge is 2.31. The average molecular weight is 406 g/mol. The molecule has 8 heteroatoms. The van der Waals surface area contributed by atoms with Crippen LogP contribution in [0.1, 0.15) is 11.1 Å². The number of para-hydroxylation sites is 1. The molecule has 1 heterocycles. The van der Waals surface area contributed by atoms with Crippen LogP contribution >= 0.6 is 0 Å². The van der Waals surface area contributed by atoms with Crippen molar-refractivity contribution in [3.63, 3.8) is 0 Å². The van der Waals surface area contributed by atoms with Gasteiger partial charge in [-0.25, -0.2) is 0 Å². The molecule has 0 unspecified atom stereocenters. The fourth-order valence-electron chi connectivity index (χ4n) is 3.04. The molecule has 0 aliphatic carbocycles. The van der Waals surface area contributed by atoms with E-state index in [4.69, 9.17) is 9.47 Å². The summed E-state index contributed by atoms with van der Waals surface area (Å²) in [5.41, 5.74) is 0.498. The fourth-order valence-corrected chi connectivity index (χ4v) is 3.04. The van der Waals surface area contributed by atoms with Crippen molar-refractivity contribution in [3.8, 4) is 5.75 Å². The van der Waals surface area contributed by atoms with Gasteiger partial charge in [-0.15, -0.1) is 0 Å². The number of benzene rings is 2. The van der Waals surface area contributed by atoms with E-state index in [-0.39, 0.29) is 5.69 Å². The largest absolute Gasteiger partial charge is 0.496 e. The number of methoxy groups -OCH3 is 1. The third-order valence-electron chi connectivity index (χ3n) is 4.49. The Morgan fingerprint density at radius 1 is 1.17 bits per heavy atom. The van der Waals surface area contributed by atoms with Gasteiger partial charge >= 0.3 is 6.18 Å². The van der Waals surface area contributed by atoms with E-state index < -0.39 is 17.6 Å². The molecule has 1 aliphatic rings. The molecule has 1 aliphatic heterocycles. The summed E-state index contributed by atoms with van der Waals surface area (Å²) in [6.45, 7) is 2.01.